The molecule has 4 aromatic rings. The molecular formula is C20H20N6O2. The van der Waals surface area contributed by atoms with Gasteiger partial charge in [-0.15, -0.1) is 0 Å². The van der Waals surface area contributed by atoms with Gasteiger partial charge >= 0.3 is 0 Å². The second kappa shape index (κ2) is 6.80. The van der Waals surface area contributed by atoms with E-state index in [2.05, 4.69) is 20.4 Å². The first-order valence-corrected chi connectivity index (χ1v) is 8.89. The molecule has 0 bridgehead atoms. The lowest BCUT2D eigenvalue weighted by molar-refractivity contribution is 0.101. The van der Waals surface area contributed by atoms with Gasteiger partial charge in [0.1, 0.15) is 11.3 Å². The Kier molecular flexibility index (Phi) is 4.31. The van der Waals surface area contributed by atoms with Crippen LogP contribution in [-0.2, 0) is 6.54 Å². The van der Waals surface area contributed by atoms with E-state index in [1.807, 2.05) is 35.0 Å². The predicted molar refractivity (Wildman–Crippen MR) is 105 cm³/mol. The van der Waals surface area contributed by atoms with Crippen molar-refractivity contribution in [2.75, 3.05) is 5.32 Å². The predicted octanol–water partition coefficient (Wildman–Crippen LogP) is 2.98. The number of aromatic nitrogens is 5. The zero-order chi connectivity index (χ0) is 19.8. The van der Waals surface area contributed by atoms with Crippen LogP contribution in [0.4, 0.5) is 5.69 Å². The maximum atomic E-state index is 12.6. The third kappa shape index (κ3) is 3.20. The number of aromatic amines is 1. The molecule has 4 rings (SSSR count). The molecule has 0 fully saturated rings. The highest BCUT2D eigenvalue weighted by Gasteiger charge is 2.20. The van der Waals surface area contributed by atoms with Gasteiger partial charge < -0.3 is 14.7 Å². The fourth-order valence-electron chi connectivity index (χ4n) is 3.44. The number of fused-ring (bicyclic) bond motifs is 1. The summed E-state index contributed by atoms with van der Waals surface area (Å²) < 4.78 is 3.66. The number of nitrogens with one attached hydrogen (secondary N) is 2. The molecule has 4 aromatic heterocycles. The summed E-state index contributed by atoms with van der Waals surface area (Å²) in [5.41, 5.74) is 4.61. The Balaban J connectivity index is 1.49. The smallest absolute Gasteiger partial charge is 0.272 e. The summed E-state index contributed by atoms with van der Waals surface area (Å²) in [5, 5.41) is 7.11. The number of rotatable bonds is 5. The van der Waals surface area contributed by atoms with Crippen LogP contribution in [0.25, 0.3) is 5.65 Å². The number of ketones is 1. The maximum Gasteiger partial charge on any atom is 0.272 e. The molecule has 0 aliphatic carbocycles. The van der Waals surface area contributed by atoms with E-state index in [1.165, 1.54) is 6.92 Å². The quantitative estimate of drug-likeness (QED) is 0.523. The molecule has 0 spiro atoms. The molecule has 0 unspecified atom stereocenters. The summed E-state index contributed by atoms with van der Waals surface area (Å²) in [6.45, 7) is 5.54. The van der Waals surface area contributed by atoms with E-state index in [4.69, 9.17) is 0 Å². The number of Topliss-reactive ketones (excluding diaryl/α,β-unsaturated/α-hetero) is 1. The molecule has 142 valence electrons. The first kappa shape index (κ1) is 17.7. The van der Waals surface area contributed by atoms with Crippen LogP contribution < -0.4 is 5.32 Å². The van der Waals surface area contributed by atoms with Gasteiger partial charge in [0.05, 0.1) is 24.1 Å². The monoisotopic (exact) mass is 376 g/mol. The number of carbonyl (C=O) groups excluding carboxylic acids is 2. The first-order chi connectivity index (χ1) is 13.4. The number of aryl methyl sites for hydroxylation is 1. The minimum Gasteiger partial charge on any atom is -0.354 e. The number of imidazole rings is 1. The van der Waals surface area contributed by atoms with E-state index in [1.54, 1.807) is 30.9 Å². The van der Waals surface area contributed by atoms with E-state index in [0.717, 1.165) is 11.3 Å². The molecule has 0 atom stereocenters. The standard InChI is InChI=1S/C20H20N6O2/c1-12-18(14(3)27)13(2)22-19(12)20(28)24-15-8-21-26(10-15)11-16-9-25-7-5-4-6-17(25)23-16/h4-10,22H,11H2,1-3H3,(H,24,28). The van der Waals surface area contributed by atoms with Crippen molar-refractivity contribution >= 4 is 23.0 Å². The van der Waals surface area contributed by atoms with Gasteiger partial charge in [-0.25, -0.2) is 4.98 Å². The van der Waals surface area contributed by atoms with Gasteiger partial charge in [-0.3, -0.25) is 14.3 Å². The Labute approximate surface area is 161 Å². The highest BCUT2D eigenvalue weighted by molar-refractivity contribution is 6.07. The molecule has 1 amide bonds. The number of anilines is 1. The molecular weight excluding hydrogens is 356 g/mol. The van der Waals surface area contributed by atoms with Crippen LogP contribution in [0, 0.1) is 13.8 Å². The molecule has 0 saturated heterocycles. The van der Waals surface area contributed by atoms with Gasteiger partial charge in [-0.05, 0) is 38.5 Å². The second-order valence-corrected chi connectivity index (χ2v) is 6.76. The van der Waals surface area contributed by atoms with Crippen LogP contribution in [0.2, 0.25) is 0 Å². The van der Waals surface area contributed by atoms with Crippen LogP contribution in [0.1, 0.15) is 44.7 Å². The maximum absolute atomic E-state index is 12.6. The number of pyridine rings is 1. The fourth-order valence-corrected chi connectivity index (χ4v) is 3.44. The van der Waals surface area contributed by atoms with Crippen molar-refractivity contribution in [3.05, 3.63) is 71.2 Å². The number of hydrogen-bond donors (Lipinski definition) is 2. The van der Waals surface area contributed by atoms with Crippen molar-refractivity contribution in [2.45, 2.75) is 27.3 Å². The van der Waals surface area contributed by atoms with Crippen molar-refractivity contribution in [1.29, 1.82) is 0 Å². The molecule has 0 radical (unpaired) electrons. The van der Waals surface area contributed by atoms with Crippen LogP contribution in [0.3, 0.4) is 0 Å². The molecule has 8 heteroatoms. The summed E-state index contributed by atoms with van der Waals surface area (Å²) in [6, 6.07) is 5.82. The lowest BCUT2D eigenvalue weighted by Crippen LogP contribution is -2.13. The summed E-state index contributed by atoms with van der Waals surface area (Å²) >= 11 is 0. The van der Waals surface area contributed by atoms with E-state index >= 15 is 0 Å². The topological polar surface area (TPSA) is 97.1 Å². The average molecular weight is 376 g/mol. The fraction of sp³-hybridized carbons (Fsp3) is 0.200. The van der Waals surface area contributed by atoms with Gasteiger partial charge in [0.25, 0.3) is 5.91 Å². The van der Waals surface area contributed by atoms with Crippen molar-refractivity contribution in [1.82, 2.24) is 24.1 Å². The number of nitrogens with zero attached hydrogens (tertiary/aromatic N) is 4. The van der Waals surface area contributed by atoms with Crippen molar-refractivity contribution in [2.24, 2.45) is 0 Å². The van der Waals surface area contributed by atoms with E-state index in [-0.39, 0.29) is 11.7 Å². The molecule has 28 heavy (non-hydrogen) atoms. The third-order valence-corrected chi connectivity index (χ3v) is 4.65. The molecule has 0 saturated carbocycles. The number of carbonyl (C=O) groups is 2. The number of amides is 1. The second-order valence-electron chi connectivity index (χ2n) is 6.76. The van der Waals surface area contributed by atoms with Gasteiger partial charge in [0.2, 0.25) is 0 Å². The Bertz CT molecular complexity index is 1160. The largest absolute Gasteiger partial charge is 0.354 e. The average Bonchev–Trinajstić information content (AvgIpc) is 3.32. The minimum absolute atomic E-state index is 0.0643. The number of hydrogen-bond acceptors (Lipinski definition) is 4. The van der Waals surface area contributed by atoms with Gasteiger partial charge in [-0.2, -0.15) is 5.10 Å². The summed E-state index contributed by atoms with van der Waals surface area (Å²) in [6.07, 6.45) is 7.23. The van der Waals surface area contributed by atoms with Gasteiger partial charge in [-0.1, -0.05) is 6.07 Å². The van der Waals surface area contributed by atoms with E-state index in [9.17, 15) is 9.59 Å². The molecule has 0 aliphatic rings. The zero-order valence-electron chi connectivity index (χ0n) is 15.9. The summed E-state index contributed by atoms with van der Waals surface area (Å²) in [5.74, 6) is -0.369. The SMILES string of the molecule is CC(=O)c1c(C)[nH]c(C(=O)Nc2cnn(Cc3cn4ccccc4n3)c2)c1C. The third-order valence-electron chi connectivity index (χ3n) is 4.65. The normalized spacial score (nSPS) is 11.1. The molecule has 2 N–H and O–H groups in total. The Hall–Kier alpha value is -3.68. The van der Waals surface area contributed by atoms with Gasteiger partial charge in [0.15, 0.2) is 5.78 Å². The van der Waals surface area contributed by atoms with Crippen molar-refractivity contribution < 1.29 is 9.59 Å². The molecule has 0 aromatic carbocycles. The summed E-state index contributed by atoms with van der Waals surface area (Å²) in [4.78, 5) is 31.9. The van der Waals surface area contributed by atoms with Gasteiger partial charge in [0, 0.05) is 29.8 Å². The first-order valence-electron chi connectivity index (χ1n) is 8.89. The Morgan fingerprint density at radius 1 is 1.21 bits per heavy atom. The highest BCUT2D eigenvalue weighted by Crippen LogP contribution is 2.20. The van der Waals surface area contributed by atoms with Crippen LogP contribution in [0.5, 0.6) is 0 Å². The lowest BCUT2D eigenvalue weighted by Gasteiger charge is -2.02. The zero-order valence-corrected chi connectivity index (χ0v) is 15.9. The van der Waals surface area contributed by atoms with Crippen molar-refractivity contribution in [3.8, 4) is 0 Å². The molecule has 8 nitrogen and oxygen atoms in total. The Morgan fingerprint density at radius 2 is 2.04 bits per heavy atom. The van der Waals surface area contributed by atoms with Crippen LogP contribution in [-0.4, -0.2) is 35.8 Å². The van der Waals surface area contributed by atoms with Crippen LogP contribution in [0.15, 0.2) is 43.0 Å². The lowest BCUT2D eigenvalue weighted by atomic mass is 10.1. The van der Waals surface area contributed by atoms with E-state index in [0.29, 0.717) is 34.7 Å². The van der Waals surface area contributed by atoms with Crippen LogP contribution >= 0.6 is 0 Å². The summed E-state index contributed by atoms with van der Waals surface area (Å²) in [7, 11) is 0. The molecule has 0 aliphatic heterocycles. The minimum atomic E-state index is -0.305. The van der Waals surface area contributed by atoms with E-state index < -0.39 is 0 Å². The number of H-pyrrole nitrogens is 1. The Morgan fingerprint density at radius 3 is 2.75 bits per heavy atom. The highest BCUT2D eigenvalue weighted by atomic mass is 16.2. The molecule has 4 heterocycles. The van der Waals surface area contributed by atoms with Crippen molar-refractivity contribution in [3.63, 3.8) is 0 Å².